The lowest BCUT2D eigenvalue weighted by Crippen LogP contribution is -1.95. The van der Waals surface area contributed by atoms with E-state index < -0.39 is 11.6 Å². The molecule has 1 heterocycles. The summed E-state index contributed by atoms with van der Waals surface area (Å²) in [6.45, 7) is 0. The Morgan fingerprint density at radius 3 is 2.69 bits per heavy atom. The average Bonchev–Trinajstić information content (AvgIpc) is 2.27. The number of hydrogen-bond acceptors (Lipinski definition) is 2. The molecule has 0 spiro atoms. The molecule has 0 fully saturated rings. The third kappa shape index (κ3) is 2.36. The van der Waals surface area contributed by atoms with Crippen molar-refractivity contribution < 1.29 is 8.78 Å². The summed E-state index contributed by atoms with van der Waals surface area (Å²) in [6, 6.07) is 4.91. The van der Waals surface area contributed by atoms with Crippen LogP contribution in [0.2, 0.25) is 0 Å². The van der Waals surface area contributed by atoms with Gasteiger partial charge in [-0.05, 0) is 34.1 Å². The SMILES string of the molecule is Fc1ccc(F)c(Nc2ccncc2Br)c1. The zero-order chi connectivity index (χ0) is 11.5. The van der Waals surface area contributed by atoms with Crippen molar-refractivity contribution in [3.63, 3.8) is 0 Å². The van der Waals surface area contributed by atoms with E-state index in [4.69, 9.17) is 0 Å². The van der Waals surface area contributed by atoms with Crippen LogP contribution in [0.25, 0.3) is 0 Å². The van der Waals surface area contributed by atoms with Gasteiger partial charge in [0, 0.05) is 18.5 Å². The molecule has 82 valence electrons. The second-order valence-corrected chi connectivity index (χ2v) is 3.96. The molecule has 16 heavy (non-hydrogen) atoms. The Labute approximate surface area is 99.5 Å². The zero-order valence-electron chi connectivity index (χ0n) is 8.05. The van der Waals surface area contributed by atoms with Gasteiger partial charge in [-0.25, -0.2) is 8.78 Å². The molecule has 1 N–H and O–H groups in total. The van der Waals surface area contributed by atoms with E-state index >= 15 is 0 Å². The molecule has 0 bridgehead atoms. The molecular formula is C11H7BrF2N2. The molecule has 0 radical (unpaired) electrons. The lowest BCUT2D eigenvalue weighted by Gasteiger charge is -2.08. The molecule has 0 saturated carbocycles. The first-order valence-corrected chi connectivity index (χ1v) is 5.28. The van der Waals surface area contributed by atoms with Crippen molar-refractivity contribution in [3.8, 4) is 0 Å². The summed E-state index contributed by atoms with van der Waals surface area (Å²) in [7, 11) is 0. The molecule has 0 aliphatic rings. The van der Waals surface area contributed by atoms with Crippen molar-refractivity contribution in [2.24, 2.45) is 0 Å². The third-order valence-electron chi connectivity index (χ3n) is 1.97. The van der Waals surface area contributed by atoms with Crippen LogP contribution in [-0.2, 0) is 0 Å². The zero-order valence-corrected chi connectivity index (χ0v) is 9.63. The Hall–Kier alpha value is -1.49. The van der Waals surface area contributed by atoms with Crippen LogP contribution in [0, 0.1) is 11.6 Å². The smallest absolute Gasteiger partial charge is 0.146 e. The second-order valence-electron chi connectivity index (χ2n) is 3.10. The van der Waals surface area contributed by atoms with E-state index in [-0.39, 0.29) is 5.69 Å². The molecule has 5 heteroatoms. The predicted molar refractivity (Wildman–Crippen MR) is 61.6 cm³/mol. The van der Waals surface area contributed by atoms with Crippen LogP contribution in [0.15, 0.2) is 41.1 Å². The lowest BCUT2D eigenvalue weighted by molar-refractivity contribution is 0.603. The number of benzene rings is 1. The summed E-state index contributed by atoms with van der Waals surface area (Å²) < 4.78 is 26.9. The van der Waals surface area contributed by atoms with Gasteiger partial charge in [-0.3, -0.25) is 4.98 Å². The minimum atomic E-state index is -0.509. The number of anilines is 2. The van der Waals surface area contributed by atoms with Crippen LogP contribution in [0.3, 0.4) is 0 Å². The van der Waals surface area contributed by atoms with Gasteiger partial charge < -0.3 is 5.32 Å². The molecule has 1 aromatic carbocycles. The van der Waals surface area contributed by atoms with Crippen molar-refractivity contribution in [1.29, 1.82) is 0 Å². The molecule has 2 nitrogen and oxygen atoms in total. The first kappa shape index (κ1) is 11.0. The van der Waals surface area contributed by atoms with E-state index in [1.165, 1.54) is 0 Å². The molecule has 2 rings (SSSR count). The number of rotatable bonds is 2. The van der Waals surface area contributed by atoms with Crippen molar-refractivity contribution >= 4 is 27.3 Å². The van der Waals surface area contributed by atoms with Crippen molar-refractivity contribution in [2.75, 3.05) is 5.32 Å². The van der Waals surface area contributed by atoms with Gasteiger partial charge >= 0.3 is 0 Å². The standard InChI is InChI=1S/C11H7BrF2N2/c12-8-6-15-4-3-10(8)16-11-5-7(13)1-2-9(11)14/h1-6H,(H,15,16). The molecular weight excluding hydrogens is 278 g/mol. The fourth-order valence-electron chi connectivity index (χ4n) is 1.21. The highest BCUT2D eigenvalue weighted by Gasteiger charge is 2.05. The van der Waals surface area contributed by atoms with Gasteiger partial charge in [-0.15, -0.1) is 0 Å². The minimum Gasteiger partial charge on any atom is -0.352 e. The van der Waals surface area contributed by atoms with Crippen molar-refractivity contribution in [2.45, 2.75) is 0 Å². The van der Waals surface area contributed by atoms with Crippen LogP contribution < -0.4 is 5.32 Å². The summed E-state index contributed by atoms with van der Waals surface area (Å²) in [6.07, 6.45) is 3.13. The summed E-state index contributed by atoms with van der Waals surface area (Å²) in [5.41, 5.74) is 0.714. The Morgan fingerprint density at radius 1 is 1.12 bits per heavy atom. The largest absolute Gasteiger partial charge is 0.352 e. The number of aromatic nitrogens is 1. The Balaban J connectivity index is 2.34. The van der Waals surface area contributed by atoms with Gasteiger partial charge in [0.05, 0.1) is 15.8 Å². The Kier molecular flexibility index (Phi) is 3.14. The summed E-state index contributed by atoms with van der Waals surface area (Å²) in [5, 5.41) is 2.78. The summed E-state index contributed by atoms with van der Waals surface area (Å²) >= 11 is 3.26. The maximum atomic E-state index is 13.3. The van der Waals surface area contributed by atoms with Gasteiger partial charge in [-0.1, -0.05) is 0 Å². The summed E-state index contributed by atoms with van der Waals surface area (Å²) in [5.74, 6) is -1.00. The van der Waals surface area contributed by atoms with Gasteiger partial charge in [0.1, 0.15) is 11.6 Å². The van der Waals surface area contributed by atoms with E-state index in [0.717, 1.165) is 18.2 Å². The van der Waals surface area contributed by atoms with Crippen molar-refractivity contribution in [1.82, 2.24) is 4.98 Å². The van der Waals surface area contributed by atoms with E-state index in [2.05, 4.69) is 26.2 Å². The average molecular weight is 285 g/mol. The maximum Gasteiger partial charge on any atom is 0.146 e. The van der Waals surface area contributed by atoms with Crippen LogP contribution in [0.5, 0.6) is 0 Å². The maximum absolute atomic E-state index is 13.3. The second kappa shape index (κ2) is 4.57. The van der Waals surface area contributed by atoms with E-state index in [0.29, 0.717) is 10.2 Å². The number of hydrogen-bond donors (Lipinski definition) is 1. The highest BCUT2D eigenvalue weighted by molar-refractivity contribution is 9.10. The highest BCUT2D eigenvalue weighted by atomic mass is 79.9. The number of pyridine rings is 1. The van der Waals surface area contributed by atoms with Crippen LogP contribution in [0.1, 0.15) is 0 Å². The fraction of sp³-hybridized carbons (Fsp3) is 0. The fourth-order valence-corrected chi connectivity index (χ4v) is 1.56. The van der Waals surface area contributed by atoms with Crippen molar-refractivity contribution in [3.05, 3.63) is 52.8 Å². The number of halogens is 3. The number of nitrogens with one attached hydrogen (secondary N) is 1. The Morgan fingerprint density at radius 2 is 1.94 bits per heavy atom. The van der Waals surface area contributed by atoms with Crippen LogP contribution >= 0.6 is 15.9 Å². The molecule has 0 saturated heterocycles. The Bertz CT molecular complexity index is 517. The minimum absolute atomic E-state index is 0.0897. The molecule has 2 aromatic rings. The van der Waals surface area contributed by atoms with Gasteiger partial charge in [0.15, 0.2) is 0 Å². The van der Waals surface area contributed by atoms with Gasteiger partial charge in [0.2, 0.25) is 0 Å². The quantitative estimate of drug-likeness (QED) is 0.906. The first-order chi connectivity index (χ1) is 7.66. The molecule has 0 unspecified atom stereocenters. The highest BCUT2D eigenvalue weighted by Crippen LogP contribution is 2.26. The molecule has 0 aliphatic heterocycles. The molecule has 0 atom stereocenters. The van der Waals surface area contributed by atoms with E-state index in [1.54, 1.807) is 18.5 Å². The normalized spacial score (nSPS) is 10.2. The van der Waals surface area contributed by atoms with E-state index in [1.807, 2.05) is 0 Å². The monoisotopic (exact) mass is 284 g/mol. The third-order valence-corrected chi connectivity index (χ3v) is 2.60. The van der Waals surface area contributed by atoms with E-state index in [9.17, 15) is 8.78 Å². The molecule has 0 aliphatic carbocycles. The summed E-state index contributed by atoms with van der Waals surface area (Å²) in [4.78, 5) is 3.87. The topological polar surface area (TPSA) is 24.9 Å². The van der Waals surface area contributed by atoms with Gasteiger partial charge in [-0.2, -0.15) is 0 Å². The predicted octanol–water partition coefficient (Wildman–Crippen LogP) is 3.87. The molecule has 0 amide bonds. The van der Waals surface area contributed by atoms with Crippen LogP contribution in [0.4, 0.5) is 20.2 Å². The molecule has 1 aromatic heterocycles. The number of nitrogens with zero attached hydrogens (tertiary/aromatic N) is 1. The van der Waals surface area contributed by atoms with Gasteiger partial charge in [0.25, 0.3) is 0 Å². The lowest BCUT2D eigenvalue weighted by atomic mass is 10.3. The van der Waals surface area contributed by atoms with Crippen LogP contribution in [-0.4, -0.2) is 4.98 Å². The first-order valence-electron chi connectivity index (χ1n) is 4.48.